The lowest BCUT2D eigenvalue weighted by Crippen LogP contribution is -2.26. The first kappa shape index (κ1) is 14.2. The van der Waals surface area contributed by atoms with E-state index in [9.17, 15) is 4.79 Å². The lowest BCUT2D eigenvalue weighted by Gasteiger charge is -2.06. The molecule has 0 radical (unpaired) electrons. The fourth-order valence-electron chi connectivity index (χ4n) is 1.58. The zero-order valence-electron chi connectivity index (χ0n) is 10.5. The van der Waals surface area contributed by atoms with Crippen LogP contribution >= 0.6 is 11.3 Å². The molecule has 1 rings (SSSR count). The van der Waals surface area contributed by atoms with Crippen LogP contribution in [0.4, 0.5) is 0 Å². The van der Waals surface area contributed by atoms with Crippen LogP contribution in [-0.2, 0) is 11.2 Å². The minimum atomic E-state index is -0.343. The van der Waals surface area contributed by atoms with Crippen LogP contribution in [-0.4, -0.2) is 23.7 Å². The van der Waals surface area contributed by atoms with Gasteiger partial charge in [0.05, 0.1) is 6.10 Å². The van der Waals surface area contributed by atoms with Gasteiger partial charge in [-0.05, 0) is 50.1 Å². The summed E-state index contributed by atoms with van der Waals surface area (Å²) in [7, 11) is 0. The largest absolute Gasteiger partial charge is 0.393 e. The molecule has 0 aromatic carbocycles. The molecular weight excluding hydrogens is 234 g/mol. The van der Waals surface area contributed by atoms with E-state index in [2.05, 4.69) is 23.7 Å². The smallest absolute Gasteiger partial charge is 0.220 e. The van der Waals surface area contributed by atoms with Crippen molar-refractivity contribution in [3.63, 3.8) is 0 Å². The van der Waals surface area contributed by atoms with Gasteiger partial charge in [0.15, 0.2) is 0 Å². The lowest BCUT2D eigenvalue weighted by atomic mass is 10.1. The average molecular weight is 255 g/mol. The van der Waals surface area contributed by atoms with Crippen molar-refractivity contribution in [2.75, 3.05) is 6.54 Å². The van der Waals surface area contributed by atoms with Gasteiger partial charge in [-0.15, -0.1) is 11.3 Å². The zero-order valence-corrected chi connectivity index (χ0v) is 11.3. The molecular formula is C13H21NO2S. The number of hydrogen-bond donors (Lipinski definition) is 2. The predicted octanol–water partition coefficient (Wildman–Crippen LogP) is 2.27. The van der Waals surface area contributed by atoms with Crippen LogP contribution in [0.3, 0.4) is 0 Å². The van der Waals surface area contributed by atoms with E-state index < -0.39 is 0 Å². The second-order valence-electron chi connectivity index (χ2n) is 4.37. The lowest BCUT2D eigenvalue weighted by molar-refractivity contribution is -0.121. The van der Waals surface area contributed by atoms with Crippen LogP contribution in [0.5, 0.6) is 0 Å². The third-order valence-electron chi connectivity index (χ3n) is 2.66. The fourth-order valence-corrected chi connectivity index (χ4v) is 2.53. The molecule has 1 unspecified atom stereocenters. The molecule has 1 heterocycles. The first-order chi connectivity index (χ1) is 8.09. The maximum absolute atomic E-state index is 11.4. The van der Waals surface area contributed by atoms with Crippen LogP contribution < -0.4 is 5.32 Å². The molecule has 0 bridgehead atoms. The topological polar surface area (TPSA) is 49.3 Å². The second kappa shape index (κ2) is 7.45. The molecule has 0 saturated carbocycles. The molecule has 0 fully saturated rings. The Morgan fingerprint density at radius 3 is 2.94 bits per heavy atom. The van der Waals surface area contributed by atoms with Crippen molar-refractivity contribution in [1.82, 2.24) is 5.32 Å². The van der Waals surface area contributed by atoms with Crippen LogP contribution in [0, 0.1) is 6.92 Å². The van der Waals surface area contributed by atoms with Gasteiger partial charge in [0.1, 0.15) is 0 Å². The van der Waals surface area contributed by atoms with Crippen molar-refractivity contribution >= 4 is 17.2 Å². The molecule has 4 heteroatoms. The molecule has 0 aliphatic carbocycles. The highest BCUT2D eigenvalue weighted by Crippen LogP contribution is 2.17. The van der Waals surface area contributed by atoms with Crippen LogP contribution in [0.15, 0.2) is 11.4 Å². The Labute approximate surface area is 107 Å². The molecule has 1 atom stereocenters. The Bertz CT molecular complexity index is 347. The molecule has 1 aromatic rings. The summed E-state index contributed by atoms with van der Waals surface area (Å²) in [6.45, 7) is 4.40. The molecule has 2 N–H and O–H groups in total. The van der Waals surface area contributed by atoms with E-state index in [1.54, 1.807) is 18.3 Å². The van der Waals surface area contributed by atoms with Crippen molar-refractivity contribution in [2.24, 2.45) is 0 Å². The molecule has 96 valence electrons. The van der Waals surface area contributed by atoms with Gasteiger partial charge >= 0.3 is 0 Å². The third kappa shape index (κ3) is 5.84. The van der Waals surface area contributed by atoms with Gasteiger partial charge in [0, 0.05) is 17.8 Å². The Kier molecular flexibility index (Phi) is 6.22. The predicted molar refractivity (Wildman–Crippen MR) is 71.3 cm³/mol. The quantitative estimate of drug-likeness (QED) is 0.785. The Balaban J connectivity index is 2.10. The number of amides is 1. The monoisotopic (exact) mass is 255 g/mol. The highest BCUT2D eigenvalue weighted by atomic mass is 32.1. The first-order valence-electron chi connectivity index (χ1n) is 6.07. The van der Waals surface area contributed by atoms with Gasteiger partial charge in [0.2, 0.25) is 5.91 Å². The molecule has 0 aliphatic heterocycles. The zero-order chi connectivity index (χ0) is 12.7. The molecule has 0 spiro atoms. The van der Waals surface area contributed by atoms with Gasteiger partial charge in [-0.2, -0.15) is 0 Å². The van der Waals surface area contributed by atoms with Crippen molar-refractivity contribution in [3.05, 3.63) is 21.9 Å². The van der Waals surface area contributed by atoms with E-state index in [-0.39, 0.29) is 12.0 Å². The number of nitrogens with one attached hydrogen (secondary N) is 1. The Morgan fingerprint density at radius 2 is 2.35 bits per heavy atom. The van der Waals surface area contributed by atoms with Crippen LogP contribution in [0.2, 0.25) is 0 Å². The van der Waals surface area contributed by atoms with Gasteiger partial charge in [-0.25, -0.2) is 0 Å². The molecule has 1 aromatic heterocycles. The van der Waals surface area contributed by atoms with E-state index in [4.69, 9.17) is 5.11 Å². The second-order valence-corrected chi connectivity index (χ2v) is 5.37. The number of carbonyl (C=O) groups excluding carboxylic acids is 1. The minimum absolute atomic E-state index is 0.0832. The molecule has 3 nitrogen and oxygen atoms in total. The van der Waals surface area contributed by atoms with Gasteiger partial charge in [-0.3, -0.25) is 4.79 Å². The SMILES string of the molecule is Cc1ccsc1CCCC(=O)NCCC(C)O. The number of thiophene rings is 1. The fraction of sp³-hybridized carbons (Fsp3) is 0.615. The van der Waals surface area contributed by atoms with E-state index in [0.29, 0.717) is 19.4 Å². The van der Waals surface area contributed by atoms with Crippen molar-refractivity contribution in [3.8, 4) is 0 Å². The Morgan fingerprint density at radius 1 is 1.59 bits per heavy atom. The third-order valence-corrected chi connectivity index (χ3v) is 3.74. The van der Waals surface area contributed by atoms with Crippen LogP contribution in [0.1, 0.15) is 36.6 Å². The molecule has 0 aliphatic rings. The van der Waals surface area contributed by atoms with Gasteiger partial charge < -0.3 is 10.4 Å². The summed E-state index contributed by atoms with van der Waals surface area (Å²) in [6.07, 6.45) is 2.71. The maximum Gasteiger partial charge on any atom is 0.220 e. The average Bonchev–Trinajstić information content (AvgIpc) is 2.64. The standard InChI is InChI=1S/C13H21NO2S/c1-10-7-9-17-12(10)4-3-5-13(16)14-8-6-11(2)15/h7,9,11,15H,3-6,8H2,1-2H3,(H,14,16). The number of aliphatic hydroxyl groups is 1. The minimum Gasteiger partial charge on any atom is -0.393 e. The number of rotatable bonds is 7. The molecule has 1 amide bonds. The Hall–Kier alpha value is -0.870. The number of carbonyl (C=O) groups is 1. The highest BCUT2D eigenvalue weighted by Gasteiger charge is 2.04. The summed E-state index contributed by atoms with van der Waals surface area (Å²) >= 11 is 1.76. The van der Waals surface area contributed by atoms with Gasteiger partial charge in [0.25, 0.3) is 0 Å². The van der Waals surface area contributed by atoms with Gasteiger partial charge in [-0.1, -0.05) is 0 Å². The van der Waals surface area contributed by atoms with E-state index in [1.807, 2.05) is 0 Å². The maximum atomic E-state index is 11.4. The van der Waals surface area contributed by atoms with Crippen molar-refractivity contribution in [1.29, 1.82) is 0 Å². The van der Waals surface area contributed by atoms with Crippen molar-refractivity contribution in [2.45, 2.75) is 45.6 Å². The molecule has 0 saturated heterocycles. The van der Waals surface area contributed by atoms with Crippen molar-refractivity contribution < 1.29 is 9.90 Å². The summed E-state index contributed by atoms with van der Waals surface area (Å²) in [5.74, 6) is 0.0832. The summed E-state index contributed by atoms with van der Waals surface area (Å²) in [5, 5.41) is 14.0. The summed E-state index contributed by atoms with van der Waals surface area (Å²) in [6, 6.07) is 2.11. The summed E-state index contributed by atoms with van der Waals surface area (Å²) in [4.78, 5) is 12.8. The van der Waals surface area contributed by atoms with Crippen LogP contribution in [0.25, 0.3) is 0 Å². The highest BCUT2D eigenvalue weighted by molar-refractivity contribution is 7.10. The normalized spacial score (nSPS) is 12.4. The number of aliphatic hydroxyl groups excluding tert-OH is 1. The number of aryl methyl sites for hydroxylation is 2. The van der Waals surface area contributed by atoms with E-state index in [1.165, 1.54) is 10.4 Å². The number of hydrogen-bond acceptors (Lipinski definition) is 3. The molecule has 17 heavy (non-hydrogen) atoms. The summed E-state index contributed by atoms with van der Waals surface area (Å²) in [5.41, 5.74) is 1.32. The van der Waals surface area contributed by atoms with E-state index >= 15 is 0 Å². The summed E-state index contributed by atoms with van der Waals surface area (Å²) < 4.78 is 0. The van der Waals surface area contributed by atoms with E-state index in [0.717, 1.165) is 12.8 Å². The first-order valence-corrected chi connectivity index (χ1v) is 6.95.